The van der Waals surface area contributed by atoms with E-state index >= 15 is 0 Å². The van der Waals surface area contributed by atoms with Gasteiger partial charge in [0.1, 0.15) is 5.75 Å². The lowest BCUT2D eigenvalue weighted by Crippen LogP contribution is -2.39. The first-order chi connectivity index (χ1) is 9.56. The molecule has 0 aromatic carbocycles. The Bertz CT molecular complexity index is 514. The predicted molar refractivity (Wildman–Crippen MR) is 78.5 cm³/mol. The third-order valence-corrected chi connectivity index (χ3v) is 4.04. The van der Waals surface area contributed by atoms with E-state index in [1.165, 1.54) is 0 Å². The van der Waals surface area contributed by atoms with Gasteiger partial charge >= 0.3 is 0 Å². The molecule has 0 spiro atoms. The van der Waals surface area contributed by atoms with E-state index in [1.807, 2.05) is 13.1 Å². The van der Waals surface area contributed by atoms with Gasteiger partial charge in [-0.2, -0.15) is 0 Å². The number of ether oxygens (including phenoxy) is 1. The summed E-state index contributed by atoms with van der Waals surface area (Å²) in [5, 5.41) is 12.3. The van der Waals surface area contributed by atoms with E-state index < -0.39 is 0 Å². The van der Waals surface area contributed by atoms with Crippen molar-refractivity contribution in [2.75, 3.05) is 20.2 Å². The van der Waals surface area contributed by atoms with E-state index in [2.05, 4.69) is 28.9 Å². The monoisotopic (exact) mass is 277 g/mol. The zero-order valence-electron chi connectivity index (χ0n) is 12.7. The highest BCUT2D eigenvalue weighted by molar-refractivity contribution is 5.86. The minimum atomic E-state index is 0.293. The lowest BCUT2D eigenvalue weighted by atomic mass is 9.97. The number of aryl methyl sites for hydroxylation is 1. The van der Waals surface area contributed by atoms with Gasteiger partial charge in [-0.3, -0.25) is 9.88 Å². The molecule has 110 valence electrons. The minimum Gasteiger partial charge on any atom is -0.496 e. The minimum absolute atomic E-state index is 0.293. The smallest absolute Gasteiger partial charge is 0.128 e. The Hall–Kier alpha value is -1.62. The van der Waals surface area contributed by atoms with Crippen LogP contribution in [0, 0.1) is 19.8 Å². The predicted octanol–water partition coefficient (Wildman–Crippen LogP) is 2.38. The van der Waals surface area contributed by atoms with Crippen LogP contribution in [0.3, 0.4) is 0 Å². The Kier molecular flexibility index (Phi) is 4.60. The molecule has 5 heteroatoms. The van der Waals surface area contributed by atoms with E-state index in [4.69, 9.17) is 9.94 Å². The summed E-state index contributed by atoms with van der Waals surface area (Å²) in [6.45, 7) is 8.78. The van der Waals surface area contributed by atoms with Crippen LogP contribution in [0.15, 0.2) is 11.4 Å². The summed E-state index contributed by atoms with van der Waals surface area (Å²) >= 11 is 0. The van der Waals surface area contributed by atoms with E-state index in [1.54, 1.807) is 7.11 Å². The van der Waals surface area contributed by atoms with E-state index in [0.29, 0.717) is 5.92 Å². The third-order valence-electron chi connectivity index (χ3n) is 4.04. The normalized spacial score (nSPS) is 22.2. The number of piperidine rings is 1. The average Bonchev–Trinajstić information content (AvgIpc) is 2.43. The molecular formula is C15H23N3O2. The van der Waals surface area contributed by atoms with Crippen molar-refractivity contribution < 1.29 is 9.94 Å². The molecule has 0 radical (unpaired) electrons. The van der Waals surface area contributed by atoms with Gasteiger partial charge < -0.3 is 9.94 Å². The van der Waals surface area contributed by atoms with Crippen LogP contribution in [-0.4, -0.2) is 41.0 Å². The Morgan fingerprint density at radius 1 is 1.50 bits per heavy atom. The molecule has 1 aliphatic rings. The Labute approximate surface area is 120 Å². The van der Waals surface area contributed by atoms with Crippen LogP contribution in [0.4, 0.5) is 0 Å². The van der Waals surface area contributed by atoms with Gasteiger partial charge in [0.2, 0.25) is 0 Å². The van der Waals surface area contributed by atoms with Crippen molar-refractivity contribution in [3.63, 3.8) is 0 Å². The second-order valence-corrected chi connectivity index (χ2v) is 5.52. The summed E-state index contributed by atoms with van der Waals surface area (Å²) in [5.41, 5.74) is 4.13. The van der Waals surface area contributed by atoms with Gasteiger partial charge in [-0.1, -0.05) is 12.1 Å². The number of likely N-dealkylation sites (tertiary alicyclic amines) is 1. The van der Waals surface area contributed by atoms with Crippen LogP contribution < -0.4 is 4.74 Å². The van der Waals surface area contributed by atoms with Gasteiger partial charge in [0.05, 0.1) is 18.5 Å². The molecule has 0 saturated carbocycles. The Morgan fingerprint density at radius 3 is 2.85 bits per heavy atom. The molecule has 1 unspecified atom stereocenters. The molecule has 0 aliphatic carbocycles. The van der Waals surface area contributed by atoms with Crippen molar-refractivity contribution in [1.29, 1.82) is 0 Å². The van der Waals surface area contributed by atoms with Gasteiger partial charge in [-0.15, -0.1) is 0 Å². The zero-order valence-corrected chi connectivity index (χ0v) is 12.7. The van der Waals surface area contributed by atoms with E-state index in [-0.39, 0.29) is 0 Å². The van der Waals surface area contributed by atoms with E-state index in [9.17, 15) is 0 Å². The molecule has 1 saturated heterocycles. The quantitative estimate of drug-likeness (QED) is 0.681. The first-order valence-corrected chi connectivity index (χ1v) is 6.99. The van der Waals surface area contributed by atoms with Crippen LogP contribution in [0.2, 0.25) is 0 Å². The number of aromatic nitrogens is 1. The highest BCUT2D eigenvalue weighted by Crippen LogP contribution is 2.25. The largest absolute Gasteiger partial charge is 0.496 e. The lowest BCUT2D eigenvalue weighted by Gasteiger charge is -2.31. The molecule has 20 heavy (non-hydrogen) atoms. The van der Waals surface area contributed by atoms with Crippen LogP contribution in [-0.2, 0) is 6.54 Å². The fraction of sp³-hybridized carbons (Fsp3) is 0.600. The summed E-state index contributed by atoms with van der Waals surface area (Å²) in [6.07, 6.45) is 2.69. The molecular weight excluding hydrogens is 254 g/mol. The fourth-order valence-electron chi connectivity index (χ4n) is 2.84. The fourth-order valence-corrected chi connectivity index (χ4v) is 2.84. The van der Waals surface area contributed by atoms with Gasteiger partial charge in [0.25, 0.3) is 0 Å². The zero-order chi connectivity index (χ0) is 14.7. The lowest BCUT2D eigenvalue weighted by molar-refractivity contribution is 0.225. The molecule has 0 bridgehead atoms. The number of methoxy groups -OCH3 is 1. The van der Waals surface area contributed by atoms with Crippen molar-refractivity contribution in [2.24, 2.45) is 11.1 Å². The molecule has 2 heterocycles. The molecule has 2 rings (SSSR count). The van der Waals surface area contributed by atoms with Gasteiger partial charge in [-0.05, 0) is 13.8 Å². The molecule has 1 fully saturated rings. The number of oxime groups is 1. The highest BCUT2D eigenvalue weighted by Gasteiger charge is 2.23. The van der Waals surface area contributed by atoms with Crippen LogP contribution in [0.5, 0.6) is 5.75 Å². The molecule has 1 aromatic rings. The maximum Gasteiger partial charge on any atom is 0.128 e. The number of rotatable bonds is 3. The maximum atomic E-state index is 8.92. The molecule has 1 N–H and O–H groups in total. The standard InChI is InChI=1S/C15H23N3O2/c1-10-7-16-14(12(3)15(10)20-4)9-18-6-5-13(17-19)11(2)8-18/h7,11,19H,5-6,8-9H2,1-4H3. The van der Waals surface area contributed by atoms with Crippen molar-refractivity contribution in [1.82, 2.24) is 9.88 Å². The Morgan fingerprint density at radius 2 is 2.25 bits per heavy atom. The van der Waals surface area contributed by atoms with Gasteiger partial charge in [0.15, 0.2) is 0 Å². The topological polar surface area (TPSA) is 58.0 Å². The first-order valence-electron chi connectivity index (χ1n) is 6.99. The highest BCUT2D eigenvalue weighted by atomic mass is 16.5. The molecule has 1 aromatic heterocycles. The second kappa shape index (κ2) is 6.22. The van der Waals surface area contributed by atoms with Crippen molar-refractivity contribution in [3.05, 3.63) is 23.0 Å². The van der Waals surface area contributed by atoms with E-state index in [0.717, 1.165) is 54.3 Å². The van der Waals surface area contributed by atoms with Crippen molar-refractivity contribution in [3.8, 4) is 5.75 Å². The molecule has 1 atom stereocenters. The van der Waals surface area contributed by atoms with Crippen LogP contribution >= 0.6 is 0 Å². The molecule has 5 nitrogen and oxygen atoms in total. The summed E-state index contributed by atoms with van der Waals surface area (Å²) in [4.78, 5) is 6.89. The van der Waals surface area contributed by atoms with Crippen molar-refractivity contribution in [2.45, 2.75) is 33.7 Å². The van der Waals surface area contributed by atoms with Crippen molar-refractivity contribution >= 4 is 5.71 Å². The first kappa shape index (κ1) is 14.8. The Balaban J connectivity index is 2.12. The molecule has 0 amide bonds. The molecule has 1 aliphatic heterocycles. The number of hydrogen-bond acceptors (Lipinski definition) is 5. The summed E-state index contributed by atoms with van der Waals surface area (Å²) in [5.74, 6) is 1.22. The second-order valence-electron chi connectivity index (χ2n) is 5.52. The maximum absolute atomic E-state index is 8.92. The number of pyridine rings is 1. The summed E-state index contributed by atoms with van der Waals surface area (Å²) in [7, 11) is 1.70. The van der Waals surface area contributed by atoms with Gasteiger partial charge in [0, 0.05) is 49.3 Å². The summed E-state index contributed by atoms with van der Waals surface area (Å²) in [6, 6.07) is 0. The number of nitrogens with zero attached hydrogens (tertiary/aromatic N) is 3. The third kappa shape index (κ3) is 2.93. The summed E-state index contributed by atoms with van der Waals surface area (Å²) < 4.78 is 5.45. The van der Waals surface area contributed by atoms with Crippen LogP contribution in [0.25, 0.3) is 0 Å². The van der Waals surface area contributed by atoms with Gasteiger partial charge in [-0.25, -0.2) is 0 Å². The number of hydrogen-bond donors (Lipinski definition) is 1. The van der Waals surface area contributed by atoms with Crippen LogP contribution in [0.1, 0.15) is 30.2 Å². The average molecular weight is 277 g/mol. The SMILES string of the molecule is COc1c(C)cnc(CN2CCC(=NO)C(C)C2)c1C.